The van der Waals surface area contributed by atoms with E-state index in [4.69, 9.17) is 9.47 Å². The van der Waals surface area contributed by atoms with Gasteiger partial charge in [-0.15, -0.1) is 0 Å². The first-order valence-electron chi connectivity index (χ1n) is 8.08. The molecule has 0 aliphatic heterocycles. The van der Waals surface area contributed by atoms with Crippen LogP contribution in [0.4, 0.5) is 0 Å². The van der Waals surface area contributed by atoms with Gasteiger partial charge in [0.2, 0.25) is 0 Å². The second-order valence-corrected chi connectivity index (χ2v) is 5.96. The lowest BCUT2D eigenvalue weighted by atomic mass is 10.00. The molecule has 0 unspecified atom stereocenters. The number of nitriles is 1. The van der Waals surface area contributed by atoms with Crippen molar-refractivity contribution in [3.05, 3.63) is 29.8 Å². The summed E-state index contributed by atoms with van der Waals surface area (Å²) in [5.74, 6) is -0.0917. The van der Waals surface area contributed by atoms with Crippen molar-refractivity contribution in [1.29, 1.82) is 5.26 Å². The van der Waals surface area contributed by atoms with Crippen molar-refractivity contribution in [3.63, 3.8) is 0 Å². The number of ether oxygens (including phenoxy) is 2. The molecule has 0 saturated heterocycles. The number of nitrogens with zero attached hydrogens (tertiary/aromatic N) is 1. The number of carbonyl (C=O) groups is 2. The molecule has 0 radical (unpaired) electrons. The van der Waals surface area contributed by atoms with E-state index in [-0.39, 0.29) is 13.0 Å². The lowest BCUT2D eigenvalue weighted by Gasteiger charge is -2.21. The molecule has 1 aliphatic rings. The molecule has 24 heavy (non-hydrogen) atoms. The summed E-state index contributed by atoms with van der Waals surface area (Å²) < 4.78 is 10.1. The van der Waals surface area contributed by atoms with Crippen molar-refractivity contribution >= 4 is 11.9 Å². The minimum Gasteiger partial charge on any atom is -0.497 e. The van der Waals surface area contributed by atoms with Crippen molar-refractivity contribution in [2.75, 3.05) is 13.7 Å². The summed E-state index contributed by atoms with van der Waals surface area (Å²) in [6.07, 6.45) is 3.89. The van der Waals surface area contributed by atoms with Crippen LogP contribution in [0.5, 0.6) is 5.75 Å². The summed E-state index contributed by atoms with van der Waals surface area (Å²) >= 11 is 0. The Hall–Kier alpha value is -2.55. The quantitative estimate of drug-likeness (QED) is 0.774. The molecular formula is C18H22N2O4. The summed E-state index contributed by atoms with van der Waals surface area (Å²) in [5.41, 5.74) is 0.207. The predicted molar refractivity (Wildman–Crippen MR) is 87.2 cm³/mol. The second-order valence-electron chi connectivity index (χ2n) is 5.96. The Balaban J connectivity index is 1.70. The molecule has 0 bridgehead atoms. The highest BCUT2D eigenvalue weighted by Gasteiger charge is 2.35. The fourth-order valence-electron chi connectivity index (χ4n) is 2.80. The van der Waals surface area contributed by atoms with Gasteiger partial charge in [0, 0.05) is 6.42 Å². The van der Waals surface area contributed by atoms with E-state index < -0.39 is 17.4 Å². The predicted octanol–water partition coefficient (Wildman–Crippen LogP) is 2.12. The number of hydrogen-bond acceptors (Lipinski definition) is 5. The zero-order valence-electron chi connectivity index (χ0n) is 13.8. The lowest BCUT2D eigenvalue weighted by molar-refractivity contribution is -0.148. The SMILES string of the molecule is COc1ccc(CCC(=O)OCC(=O)NC2(C#N)CCCC2)cc1. The third-order valence-electron chi connectivity index (χ3n) is 4.19. The van der Waals surface area contributed by atoms with Gasteiger partial charge in [-0.1, -0.05) is 12.1 Å². The van der Waals surface area contributed by atoms with E-state index in [1.165, 1.54) is 0 Å². The molecule has 1 saturated carbocycles. The van der Waals surface area contributed by atoms with Gasteiger partial charge in [0.05, 0.1) is 13.2 Å². The number of nitrogens with one attached hydrogen (secondary N) is 1. The molecule has 1 amide bonds. The Morgan fingerprint density at radius 3 is 2.50 bits per heavy atom. The Morgan fingerprint density at radius 1 is 1.25 bits per heavy atom. The molecular weight excluding hydrogens is 308 g/mol. The normalized spacial score (nSPS) is 15.3. The van der Waals surface area contributed by atoms with Gasteiger partial charge in [0.25, 0.3) is 5.91 Å². The highest BCUT2D eigenvalue weighted by molar-refractivity contribution is 5.81. The van der Waals surface area contributed by atoms with E-state index in [1.807, 2.05) is 24.3 Å². The molecule has 0 aromatic heterocycles. The second kappa shape index (κ2) is 8.34. The number of aryl methyl sites for hydroxylation is 1. The molecule has 1 aromatic carbocycles. The topological polar surface area (TPSA) is 88.4 Å². The van der Waals surface area contributed by atoms with E-state index in [9.17, 15) is 14.9 Å². The van der Waals surface area contributed by atoms with E-state index in [0.717, 1.165) is 24.2 Å². The van der Waals surface area contributed by atoms with Gasteiger partial charge >= 0.3 is 5.97 Å². The van der Waals surface area contributed by atoms with Crippen molar-refractivity contribution in [2.45, 2.75) is 44.1 Å². The number of rotatable bonds is 7. The van der Waals surface area contributed by atoms with Gasteiger partial charge < -0.3 is 14.8 Å². The summed E-state index contributed by atoms with van der Waals surface area (Å²) in [5, 5.41) is 11.9. The third-order valence-corrected chi connectivity index (χ3v) is 4.19. The van der Waals surface area contributed by atoms with Crippen LogP contribution in [0, 0.1) is 11.3 Å². The number of methoxy groups -OCH3 is 1. The number of amides is 1. The lowest BCUT2D eigenvalue weighted by Crippen LogP contribution is -2.46. The fraction of sp³-hybridized carbons (Fsp3) is 0.500. The van der Waals surface area contributed by atoms with Gasteiger partial charge in [0.15, 0.2) is 6.61 Å². The third kappa shape index (κ3) is 4.98. The minimum atomic E-state index is -0.785. The maximum Gasteiger partial charge on any atom is 0.306 e. The standard InChI is InChI=1S/C18H22N2O4/c1-23-15-7-4-14(5-8-15)6-9-17(22)24-12-16(21)20-18(13-19)10-2-3-11-18/h4-5,7-8H,2-3,6,9-12H2,1H3,(H,20,21). The fourth-order valence-corrected chi connectivity index (χ4v) is 2.80. The highest BCUT2D eigenvalue weighted by Crippen LogP contribution is 2.28. The summed E-state index contributed by atoms with van der Waals surface area (Å²) in [7, 11) is 1.60. The van der Waals surface area contributed by atoms with Crippen LogP contribution in [0.3, 0.4) is 0 Å². The highest BCUT2D eigenvalue weighted by atomic mass is 16.5. The van der Waals surface area contributed by atoms with Crippen LogP contribution in [0.15, 0.2) is 24.3 Å². The molecule has 6 nitrogen and oxygen atoms in total. The van der Waals surface area contributed by atoms with Crippen LogP contribution < -0.4 is 10.1 Å². The molecule has 2 rings (SSSR count). The maximum atomic E-state index is 11.9. The van der Waals surface area contributed by atoms with Crippen molar-refractivity contribution in [1.82, 2.24) is 5.32 Å². The Morgan fingerprint density at radius 2 is 1.92 bits per heavy atom. The number of benzene rings is 1. The smallest absolute Gasteiger partial charge is 0.306 e. The number of esters is 1. The maximum absolute atomic E-state index is 11.9. The zero-order valence-corrected chi connectivity index (χ0v) is 13.8. The average Bonchev–Trinajstić information content (AvgIpc) is 3.07. The molecule has 1 N–H and O–H groups in total. The molecule has 0 heterocycles. The average molecular weight is 330 g/mol. The van der Waals surface area contributed by atoms with Gasteiger partial charge in [-0.3, -0.25) is 9.59 Å². The van der Waals surface area contributed by atoms with E-state index in [2.05, 4.69) is 11.4 Å². The van der Waals surface area contributed by atoms with Crippen LogP contribution >= 0.6 is 0 Å². The van der Waals surface area contributed by atoms with Crippen LogP contribution in [0.25, 0.3) is 0 Å². The van der Waals surface area contributed by atoms with Crippen molar-refractivity contribution in [2.24, 2.45) is 0 Å². The van der Waals surface area contributed by atoms with E-state index in [1.54, 1.807) is 7.11 Å². The van der Waals surface area contributed by atoms with E-state index in [0.29, 0.717) is 19.3 Å². The minimum absolute atomic E-state index is 0.197. The Bertz CT molecular complexity index is 613. The van der Waals surface area contributed by atoms with Gasteiger partial charge in [0.1, 0.15) is 11.3 Å². The zero-order chi connectivity index (χ0) is 17.4. The molecule has 0 atom stereocenters. The summed E-state index contributed by atoms with van der Waals surface area (Å²) in [6.45, 7) is -0.342. The molecule has 1 aromatic rings. The van der Waals surface area contributed by atoms with Gasteiger partial charge in [-0.05, 0) is 49.8 Å². The van der Waals surface area contributed by atoms with Crippen LogP contribution in [0.1, 0.15) is 37.7 Å². The van der Waals surface area contributed by atoms with Crippen LogP contribution in [-0.4, -0.2) is 31.1 Å². The molecule has 1 aliphatic carbocycles. The first-order valence-corrected chi connectivity index (χ1v) is 8.08. The van der Waals surface area contributed by atoms with Crippen molar-refractivity contribution < 1.29 is 19.1 Å². The van der Waals surface area contributed by atoms with Crippen LogP contribution in [0.2, 0.25) is 0 Å². The molecule has 0 spiro atoms. The van der Waals surface area contributed by atoms with Gasteiger partial charge in [-0.25, -0.2) is 0 Å². The summed E-state index contributed by atoms with van der Waals surface area (Å²) in [6, 6.07) is 9.60. The summed E-state index contributed by atoms with van der Waals surface area (Å²) in [4.78, 5) is 23.6. The number of hydrogen-bond donors (Lipinski definition) is 1. The largest absolute Gasteiger partial charge is 0.497 e. The number of carbonyl (C=O) groups excluding carboxylic acids is 2. The van der Waals surface area contributed by atoms with Crippen LogP contribution in [-0.2, 0) is 20.7 Å². The first kappa shape index (κ1) is 17.8. The van der Waals surface area contributed by atoms with E-state index >= 15 is 0 Å². The van der Waals surface area contributed by atoms with Crippen molar-refractivity contribution in [3.8, 4) is 11.8 Å². The van der Waals surface area contributed by atoms with Gasteiger partial charge in [-0.2, -0.15) is 5.26 Å². The molecule has 128 valence electrons. The Kier molecular flexibility index (Phi) is 6.19. The molecule has 6 heteroatoms. The monoisotopic (exact) mass is 330 g/mol. The molecule has 1 fully saturated rings. The first-order chi connectivity index (χ1) is 11.6. The Labute approximate surface area is 141 Å².